The number of amides is 1. The second-order valence-corrected chi connectivity index (χ2v) is 10.2. The van der Waals surface area contributed by atoms with Crippen molar-refractivity contribution in [3.05, 3.63) is 10.1 Å². The van der Waals surface area contributed by atoms with Gasteiger partial charge in [0.2, 0.25) is 5.91 Å². The summed E-state index contributed by atoms with van der Waals surface area (Å²) in [5, 5.41) is 3.28. The van der Waals surface area contributed by atoms with Crippen LogP contribution in [0.15, 0.2) is 10.1 Å². The van der Waals surface area contributed by atoms with Gasteiger partial charge in [-0.05, 0) is 66.7 Å². The largest absolute Gasteiger partial charge is 0.353 e. The van der Waals surface area contributed by atoms with Crippen LogP contribution in [0, 0.1) is 23.2 Å². The Hall–Kier alpha value is -0.310. The van der Waals surface area contributed by atoms with Crippen LogP contribution in [-0.2, 0) is 4.79 Å². The first-order valence-electron chi connectivity index (χ1n) is 9.81. The maximum absolute atomic E-state index is 12.3. The molecule has 0 radical (unpaired) electrons. The van der Waals surface area contributed by atoms with Crippen molar-refractivity contribution < 1.29 is 4.79 Å². The van der Waals surface area contributed by atoms with Crippen LogP contribution >= 0.6 is 15.9 Å². The van der Waals surface area contributed by atoms with Crippen molar-refractivity contribution in [2.75, 3.05) is 0 Å². The summed E-state index contributed by atoms with van der Waals surface area (Å²) in [7, 11) is 0. The van der Waals surface area contributed by atoms with E-state index in [0.29, 0.717) is 23.8 Å². The molecule has 1 saturated carbocycles. The van der Waals surface area contributed by atoms with Crippen LogP contribution in [0.4, 0.5) is 0 Å². The van der Waals surface area contributed by atoms with E-state index < -0.39 is 0 Å². The number of hydrogen-bond acceptors (Lipinski definition) is 1. The Morgan fingerprint density at radius 2 is 1.83 bits per heavy atom. The van der Waals surface area contributed by atoms with Gasteiger partial charge >= 0.3 is 0 Å². The summed E-state index contributed by atoms with van der Waals surface area (Å²) in [6.45, 7) is 11.5. The maximum atomic E-state index is 12.3. The molecule has 2 rings (SSSR count). The molecule has 0 aliphatic heterocycles. The summed E-state index contributed by atoms with van der Waals surface area (Å²) in [4.78, 5) is 12.3. The minimum Gasteiger partial charge on any atom is -0.353 e. The number of halogens is 1. The van der Waals surface area contributed by atoms with E-state index in [1.807, 2.05) is 0 Å². The van der Waals surface area contributed by atoms with Gasteiger partial charge in [0, 0.05) is 12.5 Å². The fourth-order valence-electron chi connectivity index (χ4n) is 4.56. The van der Waals surface area contributed by atoms with Crippen LogP contribution in [-0.4, -0.2) is 11.9 Å². The van der Waals surface area contributed by atoms with Crippen molar-refractivity contribution in [1.29, 1.82) is 0 Å². The van der Waals surface area contributed by atoms with E-state index in [-0.39, 0.29) is 5.91 Å². The number of carbonyl (C=O) groups is 1. The average Bonchev–Trinajstić information content (AvgIpc) is 2.50. The van der Waals surface area contributed by atoms with Gasteiger partial charge in [0.15, 0.2) is 0 Å². The molecular formula is C21H36BrNO. The highest BCUT2D eigenvalue weighted by molar-refractivity contribution is 9.11. The SMILES string of the molecule is CC1=C(Br)C(C)CC(NC(=O)CCC2CCC(C(C)(C)C)CC2)C1. The van der Waals surface area contributed by atoms with Gasteiger partial charge in [0.25, 0.3) is 0 Å². The minimum absolute atomic E-state index is 0.260. The van der Waals surface area contributed by atoms with E-state index in [0.717, 1.165) is 31.1 Å². The monoisotopic (exact) mass is 397 g/mol. The number of rotatable bonds is 4. The highest BCUT2D eigenvalue weighted by Crippen LogP contribution is 2.41. The molecule has 1 fully saturated rings. The Kier molecular flexibility index (Phi) is 6.99. The predicted octanol–water partition coefficient (Wildman–Crippen LogP) is 6.20. The lowest BCUT2D eigenvalue weighted by Gasteiger charge is -2.37. The second kappa shape index (κ2) is 8.38. The van der Waals surface area contributed by atoms with Crippen molar-refractivity contribution in [3.8, 4) is 0 Å². The molecule has 0 aromatic heterocycles. The molecule has 1 N–H and O–H groups in total. The van der Waals surface area contributed by atoms with Crippen LogP contribution in [0.5, 0.6) is 0 Å². The first kappa shape index (κ1) is 20.0. The molecule has 0 aromatic rings. The van der Waals surface area contributed by atoms with Crippen LogP contribution in [0.3, 0.4) is 0 Å². The molecule has 2 aliphatic rings. The molecule has 0 spiro atoms. The van der Waals surface area contributed by atoms with E-state index in [2.05, 4.69) is 55.9 Å². The fraction of sp³-hybridized carbons (Fsp3) is 0.857. The molecule has 24 heavy (non-hydrogen) atoms. The van der Waals surface area contributed by atoms with Crippen molar-refractivity contribution in [1.82, 2.24) is 5.32 Å². The predicted molar refractivity (Wildman–Crippen MR) is 106 cm³/mol. The third kappa shape index (κ3) is 5.61. The maximum Gasteiger partial charge on any atom is 0.220 e. The molecule has 0 heterocycles. The van der Waals surface area contributed by atoms with Crippen LogP contribution < -0.4 is 5.32 Å². The molecule has 138 valence electrons. The quantitative estimate of drug-likeness (QED) is 0.600. The summed E-state index contributed by atoms with van der Waals surface area (Å²) >= 11 is 3.68. The summed E-state index contributed by atoms with van der Waals surface area (Å²) in [5.41, 5.74) is 1.83. The number of allylic oxidation sites excluding steroid dienone is 1. The lowest BCUT2D eigenvalue weighted by molar-refractivity contribution is -0.122. The van der Waals surface area contributed by atoms with Gasteiger partial charge in [-0.1, -0.05) is 62.0 Å². The zero-order valence-corrected chi connectivity index (χ0v) is 17.8. The van der Waals surface area contributed by atoms with E-state index in [9.17, 15) is 4.79 Å². The Balaban J connectivity index is 1.69. The fourth-order valence-corrected chi connectivity index (χ4v) is 4.91. The molecule has 2 unspecified atom stereocenters. The van der Waals surface area contributed by atoms with Gasteiger partial charge in [-0.2, -0.15) is 0 Å². The summed E-state index contributed by atoms with van der Waals surface area (Å²) in [5.74, 6) is 2.41. The Morgan fingerprint density at radius 1 is 1.21 bits per heavy atom. The Bertz CT molecular complexity index is 469. The highest BCUT2D eigenvalue weighted by Gasteiger charge is 2.30. The van der Waals surface area contributed by atoms with Crippen LogP contribution in [0.2, 0.25) is 0 Å². The number of nitrogens with one attached hydrogen (secondary N) is 1. The molecule has 2 aliphatic carbocycles. The second-order valence-electron chi connectivity index (χ2n) is 9.36. The third-order valence-electron chi connectivity index (χ3n) is 6.25. The molecule has 0 aromatic carbocycles. The van der Waals surface area contributed by atoms with Crippen molar-refractivity contribution in [2.24, 2.45) is 23.2 Å². The van der Waals surface area contributed by atoms with Gasteiger partial charge in [-0.3, -0.25) is 4.79 Å². The Morgan fingerprint density at radius 3 is 2.38 bits per heavy atom. The molecule has 2 nitrogen and oxygen atoms in total. The first-order valence-corrected chi connectivity index (χ1v) is 10.6. The van der Waals surface area contributed by atoms with Crippen LogP contribution in [0.1, 0.15) is 86.0 Å². The third-order valence-corrected chi connectivity index (χ3v) is 7.71. The molecule has 0 bridgehead atoms. The first-order chi connectivity index (χ1) is 11.2. The van der Waals surface area contributed by atoms with Crippen molar-refractivity contribution in [2.45, 2.75) is 92.0 Å². The summed E-state index contributed by atoms with van der Waals surface area (Å²) in [6.07, 6.45) is 9.13. The van der Waals surface area contributed by atoms with Crippen LogP contribution in [0.25, 0.3) is 0 Å². The molecule has 3 heteroatoms. The van der Waals surface area contributed by atoms with Gasteiger partial charge in [-0.15, -0.1) is 0 Å². The normalized spacial score (nSPS) is 31.9. The number of hydrogen-bond donors (Lipinski definition) is 1. The zero-order chi connectivity index (χ0) is 17.9. The lowest BCUT2D eigenvalue weighted by atomic mass is 9.69. The van der Waals surface area contributed by atoms with E-state index in [1.165, 1.54) is 35.7 Å². The van der Waals surface area contributed by atoms with Gasteiger partial charge < -0.3 is 5.32 Å². The smallest absolute Gasteiger partial charge is 0.220 e. The van der Waals surface area contributed by atoms with E-state index >= 15 is 0 Å². The molecule has 2 atom stereocenters. The zero-order valence-electron chi connectivity index (χ0n) is 16.3. The number of carbonyl (C=O) groups excluding carboxylic acids is 1. The molecule has 0 saturated heterocycles. The van der Waals surface area contributed by atoms with Crippen molar-refractivity contribution in [3.63, 3.8) is 0 Å². The van der Waals surface area contributed by atoms with Gasteiger partial charge in [0.1, 0.15) is 0 Å². The average molecular weight is 398 g/mol. The topological polar surface area (TPSA) is 29.1 Å². The van der Waals surface area contributed by atoms with E-state index in [4.69, 9.17) is 0 Å². The summed E-state index contributed by atoms with van der Waals surface area (Å²) in [6, 6.07) is 0.324. The Labute approximate surface area is 157 Å². The molecule has 1 amide bonds. The van der Waals surface area contributed by atoms with Gasteiger partial charge in [-0.25, -0.2) is 0 Å². The molecular weight excluding hydrogens is 362 g/mol. The highest BCUT2D eigenvalue weighted by atomic mass is 79.9. The lowest BCUT2D eigenvalue weighted by Crippen LogP contribution is -2.38. The van der Waals surface area contributed by atoms with Gasteiger partial charge in [0.05, 0.1) is 0 Å². The minimum atomic E-state index is 0.260. The van der Waals surface area contributed by atoms with Crippen molar-refractivity contribution >= 4 is 21.8 Å². The summed E-state index contributed by atoms with van der Waals surface area (Å²) < 4.78 is 1.34. The van der Waals surface area contributed by atoms with E-state index in [1.54, 1.807) is 0 Å². The standard InChI is InChI=1S/C21H36BrNO/c1-14-12-18(13-15(2)20(14)22)23-19(24)11-8-16-6-9-17(10-7-16)21(3,4)5/h14,16-18H,6-13H2,1-5H3,(H,23,24).